The molecule has 0 fully saturated rings. The van der Waals surface area contributed by atoms with E-state index >= 15 is 0 Å². The fraction of sp³-hybridized carbons (Fsp3) is 0.333. The second-order valence-electron chi connectivity index (χ2n) is 5.72. The van der Waals surface area contributed by atoms with Gasteiger partial charge in [-0.3, -0.25) is 0 Å². The van der Waals surface area contributed by atoms with Gasteiger partial charge >= 0.3 is 5.97 Å². The molecule has 7 heteroatoms. The van der Waals surface area contributed by atoms with Crippen LogP contribution in [0.5, 0.6) is 0 Å². The molecule has 0 aliphatic heterocycles. The summed E-state index contributed by atoms with van der Waals surface area (Å²) in [7, 11) is 0. The van der Waals surface area contributed by atoms with E-state index in [0.717, 1.165) is 12.8 Å². The molecule has 130 valence electrons. The number of nitrogens with one attached hydrogen (secondary N) is 1. The molecule has 3 aromatic rings. The van der Waals surface area contributed by atoms with E-state index in [1.807, 2.05) is 18.2 Å². The molecule has 0 bridgehead atoms. The van der Waals surface area contributed by atoms with Crippen molar-refractivity contribution in [1.82, 2.24) is 15.1 Å². The number of hydrogen-bond donors (Lipinski definition) is 1. The minimum atomic E-state index is -0.545. The first-order valence-corrected chi connectivity index (χ1v) is 8.27. The summed E-state index contributed by atoms with van der Waals surface area (Å²) in [5.41, 5.74) is 1.63. The predicted molar refractivity (Wildman–Crippen MR) is 93.4 cm³/mol. The van der Waals surface area contributed by atoms with Crippen molar-refractivity contribution in [3.05, 3.63) is 47.9 Å². The molecular formula is C18H20N4O3. The van der Waals surface area contributed by atoms with Gasteiger partial charge in [0.2, 0.25) is 5.69 Å². The lowest BCUT2D eigenvalue weighted by Crippen LogP contribution is -2.18. The lowest BCUT2D eigenvalue weighted by molar-refractivity contribution is 0.0517. The van der Waals surface area contributed by atoms with Crippen LogP contribution in [-0.2, 0) is 11.2 Å². The summed E-state index contributed by atoms with van der Waals surface area (Å²) in [6.45, 7) is 4.06. The Hall–Kier alpha value is -2.96. The Morgan fingerprint density at radius 1 is 1.28 bits per heavy atom. The second-order valence-corrected chi connectivity index (χ2v) is 5.72. The Morgan fingerprint density at radius 2 is 2.08 bits per heavy atom. The number of fused-ring (bicyclic) bond motifs is 1. The molecule has 0 saturated heterocycles. The van der Waals surface area contributed by atoms with Gasteiger partial charge in [0.05, 0.1) is 6.61 Å². The van der Waals surface area contributed by atoms with Crippen LogP contribution in [0.3, 0.4) is 0 Å². The van der Waals surface area contributed by atoms with Gasteiger partial charge < -0.3 is 14.6 Å². The Labute approximate surface area is 145 Å². The number of carbonyl (C=O) groups is 1. The minimum absolute atomic E-state index is 0.0928. The lowest BCUT2D eigenvalue weighted by atomic mass is 10.1. The second kappa shape index (κ2) is 7.74. The highest BCUT2D eigenvalue weighted by atomic mass is 16.5. The first-order chi connectivity index (χ1) is 12.2. The molecule has 0 amide bonds. The Balaban J connectivity index is 1.76. The summed E-state index contributed by atoms with van der Waals surface area (Å²) in [6, 6.07) is 10.4. The first-order valence-electron chi connectivity index (χ1n) is 8.27. The third-order valence-electron chi connectivity index (χ3n) is 3.83. The summed E-state index contributed by atoms with van der Waals surface area (Å²) in [5, 5.41) is 7.55. The SMILES string of the molecule is CCOC(=O)c1noc2ncnc(NC(C)CCc3ccccc3)c12. The summed E-state index contributed by atoms with van der Waals surface area (Å²) >= 11 is 0. The Kier molecular flexibility index (Phi) is 5.23. The van der Waals surface area contributed by atoms with Gasteiger partial charge in [0.15, 0.2) is 0 Å². The monoisotopic (exact) mass is 340 g/mol. The van der Waals surface area contributed by atoms with E-state index in [1.54, 1.807) is 6.92 Å². The van der Waals surface area contributed by atoms with E-state index < -0.39 is 5.97 Å². The van der Waals surface area contributed by atoms with Crippen LogP contribution in [0.4, 0.5) is 5.82 Å². The van der Waals surface area contributed by atoms with E-state index in [9.17, 15) is 4.79 Å². The van der Waals surface area contributed by atoms with E-state index in [-0.39, 0.29) is 24.1 Å². The molecule has 25 heavy (non-hydrogen) atoms. The van der Waals surface area contributed by atoms with Crippen LogP contribution in [-0.4, -0.2) is 33.7 Å². The largest absolute Gasteiger partial charge is 0.461 e. The normalized spacial score (nSPS) is 12.1. The Morgan fingerprint density at radius 3 is 2.84 bits per heavy atom. The number of aryl methyl sites for hydroxylation is 1. The van der Waals surface area contributed by atoms with Crippen LogP contribution in [0.1, 0.15) is 36.3 Å². The Bertz CT molecular complexity index is 848. The van der Waals surface area contributed by atoms with E-state index in [0.29, 0.717) is 11.2 Å². The van der Waals surface area contributed by atoms with Crippen LogP contribution in [0, 0.1) is 0 Å². The van der Waals surface area contributed by atoms with Gasteiger partial charge in [0.25, 0.3) is 5.71 Å². The molecule has 1 unspecified atom stereocenters. The maximum Gasteiger partial charge on any atom is 0.361 e. The summed E-state index contributed by atoms with van der Waals surface area (Å²) in [5.74, 6) is -0.0223. The van der Waals surface area contributed by atoms with Gasteiger partial charge in [-0.1, -0.05) is 35.5 Å². The van der Waals surface area contributed by atoms with Crippen molar-refractivity contribution in [3.63, 3.8) is 0 Å². The highest BCUT2D eigenvalue weighted by molar-refractivity contribution is 6.04. The van der Waals surface area contributed by atoms with Crippen molar-refractivity contribution < 1.29 is 14.1 Å². The maximum atomic E-state index is 12.0. The summed E-state index contributed by atoms with van der Waals surface area (Å²) in [4.78, 5) is 20.3. The standard InChI is InChI=1S/C18H20N4O3/c1-3-24-18(23)15-14-16(19-11-20-17(14)25-22-15)21-12(2)9-10-13-7-5-4-6-8-13/h4-8,11-12H,3,9-10H2,1-2H3,(H,19,20,21). The van der Waals surface area contributed by atoms with Crippen molar-refractivity contribution in [2.45, 2.75) is 32.7 Å². The summed E-state index contributed by atoms with van der Waals surface area (Å²) in [6.07, 6.45) is 3.24. The van der Waals surface area contributed by atoms with Crippen LogP contribution in [0.15, 0.2) is 41.2 Å². The van der Waals surface area contributed by atoms with Crippen molar-refractivity contribution in [1.29, 1.82) is 0 Å². The number of esters is 1. The zero-order valence-electron chi connectivity index (χ0n) is 14.2. The van der Waals surface area contributed by atoms with Gasteiger partial charge in [-0.15, -0.1) is 0 Å². The van der Waals surface area contributed by atoms with Crippen LogP contribution >= 0.6 is 0 Å². The third kappa shape index (κ3) is 3.93. The number of hydrogen-bond acceptors (Lipinski definition) is 7. The topological polar surface area (TPSA) is 90.1 Å². The average Bonchev–Trinajstić information content (AvgIpc) is 3.06. The number of benzene rings is 1. The average molecular weight is 340 g/mol. The van der Waals surface area contributed by atoms with E-state index in [4.69, 9.17) is 9.26 Å². The molecule has 1 atom stereocenters. The number of carbonyl (C=O) groups excluding carboxylic acids is 1. The van der Waals surface area contributed by atoms with Gasteiger partial charge in [-0.2, -0.15) is 4.98 Å². The molecule has 0 radical (unpaired) electrons. The molecule has 2 aromatic heterocycles. The fourth-order valence-electron chi connectivity index (χ4n) is 2.57. The van der Waals surface area contributed by atoms with Crippen molar-refractivity contribution >= 4 is 22.9 Å². The molecule has 0 aliphatic rings. The minimum Gasteiger partial charge on any atom is -0.461 e. The van der Waals surface area contributed by atoms with Crippen LogP contribution in [0.25, 0.3) is 11.1 Å². The molecule has 3 rings (SSSR count). The quantitative estimate of drug-likeness (QED) is 0.660. The van der Waals surface area contributed by atoms with E-state index in [1.165, 1.54) is 11.9 Å². The van der Waals surface area contributed by atoms with Crippen LogP contribution < -0.4 is 5.32 Å². The molecule has 0 saturated carbocycles. The molecule has 1 N–H and O–H groups in total. The molecule has 0 aliphatic carbocycles. The molecule has 7 nitrogen and oxygen atoms in total. The predicted octanol–water partition coefficient (Wildman–Crippen LogP) is 3.23. The zero-order valence-corrected chi connectivity index (χ0v) is 14.2. The number of anilines is 1. The third-order valence-corrected chi connectivity index (χ3v) is 3.83. The van der Waals surface area contributed by atoms with Crippen molar-refractivity contribution in [2.24, 2.45) is 0 Å². The lowest BCUT2D eigenvalue weighted by Gasteiger charge is -2.14. The number of aromatic nitrogens is 3. The number of nitrogens with zero attached hydrogens (tertiary/aromatic N) is 3. The highest BCUT2D eigenvalue weighted by Crippen LogP contribution is 2.25. The van der Waals surface area contributed by atoms with Crippen molar-refractivity contribution in [2.75, 3.05) is 11.9 Å². The van der Waals surface area contributed by atoms with Crippen molar-refractivity contribution in [3.8, 4) is 0 Å². The van der Waals surface area contributed by atoms with Gasteiger partial charge in [-0.05, 0) is 32.3 Å². The molecule has 2 heterocycles. The molecule has 0 spiro atoms. The highest BCUT2D eigenvalue weighted by Gasteiger charge is 2.22. The first kappa shape index (κ1) is 16.9. The summed E-state index contributed by atoms with van der Waals surface area (Å²) < 4.78 is 10.1. The molecular weight excluding hydrogens is 320 g/mol. The van der Waals surface area contributed by atoms with Gasteiger partial charge in [-0.25, -0.2) is 9.78 Å². The van der Waals surface area contributed by atoms with Crippen LogP contribution in [0.2, 0.25) is 0 Å². The number of rotatable bonds is 7. The maximum absolute atomic E-state index is 12.0. The molecule has 1 aromatic carbocycles. The van der Waals surface area contributed by atoms with E-state index in [2.05, 4.69) is 39.5 Å². The fourth-order valence-corrected chi connectivity index (χ4v) is 2.57. The van der Waals surface area contributed by atoms with Gasteiger partial charge in [0.1, 0.15) is 17.5 Å². The smallest absolute Gasteiger partial charge is 0.361 e. The number of ether oxygens (including phenoxy) is 1. The van der Waals surface area contributed by atoms with Gasteiger partial charge in [0, 0.05) is 6.04 Å². The zero-order chi connectivity index (χ0) is 17.6.